The highest BCUT2D eigenvalue weighted by Gasteiger charge is 2.26. The van der Waals surface area contributed by atoms with E-state index in [2.05, 4.69) is 15.9 Å². The van der Waals surface area contributed by atoms with Crippen LogP contribution in [0.4, 0.5) is 4.39 Å². The molecule has 2 N–H and O–H groups in total. The summed E-state index contributed by atoms with van der Waals surface area (Å²) in [4.78, 5) is 0. The Balaban J connectivity index is 3.19. The smallest absolute Gasteiger partial charge is 0.129 e. The minimum Gasteiger partial charge on any atom is -0.323 e. The summed E-state index contributed by atoms with van der Waals surface area (Å²) in [5.41, 5.74) is 6.41. The zero-order valence-electron chi connectivity index (χ0n) is 8.64. The molecule has 0 aliphatic carbocycles. The molecular weight excluding hydrogens is 245 g/mol. The minimum atomic E-state index is -0.307. The average molecular weight is 260 g/mol. The number of halogens is 2. The van der Waals surface area contributed by atoms with Crippen LogP contribution in [-0.4, -0.2) is 0 Å². The third kappa shape index (κ3) is 2.34. The van der Waals surface area contributed by atoms with Gasteiger partial charge in [0, 0.05) is 16.1 Å². The van der Waals surface area contributed by atoms with Crippen LogP contribution in [0, 0.1) is 11.2 Å². The molecule has 0 heterocycles. The second kappa shape index (κ2) is 3.99. The monoisotopic (exact) mass is 259 g/mol. The first-order valence-electron chi connectivity index (χ1n) is 4.53. The van der Waals surface area contributed by atoms with Gasteiger partial charge in [-0.25, -0.2) is 4.39 Å². The molecule has 1 nitrogen and oxygen atoms in total. The highest BCUT2D eigenvalue weighted by molar-refractivity contribution is 9.10. The summed E-state index contributed by atoms with van der Waals surface area (Å²) < 4.78 is 14.3. The normalized spacial score (nSPS) is 14.1. The van der Waals surface area contributed by atoms with Gasteiger partial charge in [-0.3, -0.25) is 0 Å². The van der Waals surface area contributed by atoms with Crippen molar-refractivity contribution in [2.24, 2.45) is 11.1 Å². The van der Waals surface area contributed by atoms with E-state index >= 15 is 0 Å². The van der Waals surface area contributed by atoms with E-state index < -0.39 is 0 Å². The summed E-state index contributed by atoms with van der Waals surface area (Å²) in [6.45, 7) is 5.99. The lowest BCUT2D eigenvalue weighted by Crippen LogP contribution is -2.27. The highest BCUT2D eigenvalue weighted by atomic mass is 79.9. The fourth-order valence-electron chi connectivity index (χ4n) is 1.24. The molecule has 0 aromatic heterocycles. The van der Waals surface area contributed by atoms with Crippen molar-refractivity contribution in [1.82, 2.24) is 0 Å². The first kappa shape index (κ1) is 11.7. The van der Waals surface area contributed by atoms with Gasteiger partial charge in [0.1, 0.15) is 5.82 Å². The molecule has 14 heavy (non-hydrogen) atoms. The van der Waals surface area contributed by atoms with Crippen LogP contribution in [0.1, 0.15) is 32.4 Å². The number of hydrogen-bond acceptors (Lipinski definition) is 1. The third-order valence-electron chi connectivity index (χ3n) is 2.24. The van der Waals surface area contributed by atoms with E-state index in [0.717, 1.165) is 4.47 Å². The molecule has 1 aromatic carbocycles. The first-order chi connectivity index (χ1) is 6.34. The first-order valence-corrected chi connectivity index (χ1v) is 5.33. The number of hydrogen-bond donors (Lipinski definition) is 1. The van der Waals surface area contributed by atoms with Gasteiger partial charge in [-0.2, -0.15) is 0 Å². The van der Waals surface area contributed by atoms with Gasteiger partial charge in [-0.1, -0.05) is 42.8 Å². The molecule has 3 heteroatoms. The van der Waals surface area contributed by atoms with Gasteiger partial charge >= 0.3 is 0 Å². The molecule has 1 aromatic rings. The van der Waals surface area contributed by atoms with Crippen LogP contribution in [0.2, 0.25) is 0 Å². The van der Waals surface area contributed by atoms with Crippen molar-refractivity contribution in [3.8, 4) is 0 Å². The molecule has 0 bridgehead atoms. The van der Waals surface area contributed by atoms with E-state index in [1.54, 1.807) is 6.07 Å². The van der Waals surface area contributed by atoms with Crippen molar-refractivity contribution in [3.05, 3.63) is 34.1 Å². The maximum Gasteiger partial charge on any atom is 0.129 e. The van der Waals surface area contributed by atoms with E-state index in [-0.39, 0.29) is 17.3 Å². The van der Waals surface area contributed by atoms with Gasteiger partial charge in [-0.05, 0) is 17.5 Å². The molecular formula is C11H15BrFN. The fraction of sp³-hybridized carbons (Fsp3) is 0.455. The molecule has 1 atom stereocenters. The molecule has 0 aliphatic heterocycles. The minimum absolute atomic E-state index is 0.148. The van der Waals surface area contributed by atoms with Crippen LogP contribution in [0.5, 0.6) is 0 Å². The van der Waals surface area contributed by atoms with Crippen molar-refractivity contribution in [1.29, 1.82) is 0 Å². The molecule has 0 saturated carbocycles. The highest BCUT2D eigenvalue weighted by Crippen LogP contribution is 2.35. The molecule has 0 saturated heterocycles. The zero-order chi connectivity index (χ0) is 10.9. The Bertz CT molecular complexity index is 310. The molecule has 0 fully saturated rings. The summed E-state index contributed by atoms with van der Waals surface area (Å²) in [5.74, 6) is -0.248. The lowest BCUT2D eigenvalue weighted by atomic mass is 9.83. The number of nitrogens with two attached hydrogens (primary N) is 1. The Kier molecular flexibility index (Phi) is 3.32. The van der Waals surface area contributed by atoms with Gasteiger partial charge in [0.05, 0.1) is 0 Å². The van der Waals surface area contributed by atoms with E-state index in [1.165, 1.54) is 6.07 Å². The van der Waals surface area contributed by atoms with E-state index in [4.69, 9.17) is 5.73 Å². The molecule has 0 spiro atoms. The number of benzene rings is 1. The second-order valence-electron chi connectivity index (χ2n) is 4.48. The Morgan fingerprint density at radius 1 is 1.36 bits per heavy atom. The summed E-state index contributed by atoms with van der Waals surface area (Å²) in [5, 5.41) is 0. The van der Waals surface area contributed by atoms with Gasteiger partial charge in [0.15, 0.2) is 0 Å². The van der Waals surface area contributed by atoms with Crippen LogP contribution in [-0.2, 0) is 0 Å². The topological polar surface area (TPSA) is 26.0 Å². The molecule has 0 unspecified atom stereocenters. The SMILES string of the molecule is CC(C)(C)[C@@H](N)c1c(F)cccc1Br. The van der Waals surface area contributed by atoms with Crippen molar-refractivity contribution in [3.63, 3.8) is 0 Å². The molecule has 78 valence electrons. The Morgan fingerprint density at radius 3 is 2.36 bits per heavy atom. The second-order valence-corrected chi connectivity index (χ2v) is 5.33. The lowest BCUT2D eigenvalue weighted by Gasteiger charge is -2.28. The third-order valence-corrected chi connectivity index (χ3v) is 2.94. The van der Waals surface area contributed by atoms with Crippen LogP contribution in [0.3, 0.4) is 0 Å². The summed E-state index contributed by atoms with van der Waals surface area (Å²) in [6, 6.07) is 4.60. The molecule has 0 aliphatic rings. The Hall–Kier alpha value is -0.410. The maximum absolute atomic E-state index is 13.5. The fourth-order valence-corrected chi connectivity index (χ4v) is 1.83. The van der Waals surface area contributed by atoms with E-state index in [1.807, 2.05) is 26.8 Å². The van der Waals surface area contributed by atoms with Crippen molar-refractivity contribution < 1.29 is 4.39 Å². The van der Waals surface area contributed by atoms with E-state index in [9.17, 15) is 4.39 Å². The zero-order valence-corrected chi connectivity index (χ0v) is 10.2. The quantitative estimate of drug-likeness (QED) is 0.819. The van der Waals surface area contributed by atoms with Gasteiger partial charge in [0.25, 0.3) is 0 Å². The van der Waals surface area contributed by atoms with Crippen molar-refractivity contribution in [2.45, 2.75) is 26.8 Å². The van der Waals surface area contributed by atoms with Gasteiger partial charge in [0.2, 0.25) is 0 Å². The maximum atomic E-state index is 13.5. The van der Waals surface area contributed by atoms with Crippen LogP contribution < -0.4 is 5.73 Å². The molecule has 0 radical (unpaired) electrons. The lowest BCUT2D eigenvalue weighted by molar-refractivity contribution is 0.318. The Morgan fingerprint density at radius 2 is 1.93 bits per heavy atom. The van der Waals surface area contributed by atoms with Crippen LogP contribution >= 0.6 is 15.9 Å². The summed E-state index contributed by atoms with van der Waals surface area (Å²) in [7, 11) is 0. The Labute approximate surface area is 92.6 Å². The van der Waals surface area contributed by atoms with Crippen LogP contribution in [0.15, 0.2) is 22.7 Å². The largest absolute Gasteiger partial charge is 0.323 e. The average Bonchev–Trinajstić information content (AvgIpc) is 2.01. The number of rotatable bonds is 1. The van der Waals surface area contributed by atoms with Crippen LogP contribution in [0.25, 0.3) is 0 Å². The van der Waals surface area contributed by atoms with E-state index in [0.29, 0.717) is 5.56 Å². The predicted molar refractivity (Wildman–Crippen MR) is 60.5 cm³/mol. The van der Waals surface area contributed by atoms with Gasteiger partial charge in [-0.15, -0.1) is 0 Å². The standard InChI is InChI=1S/C11H15BrFN/c1-11(2,3)10(14)9-7(12)5-4-6-8(9)13/h4-6,10H,14H2,1-3H3/t10-/m0/s1. The van der Waals surface area contributed by atoms with Crippen molar-refractivity contribution in [2.75, 3.05) is 0 Å². The molecule has 0 amide bonds. The predicted octanol–water partition coefficient (Wildman–Crippen LogP) is 3.63. The summed E-state index contributed by atoms with van der Waals surface area (Å²) >= 11 is 3.32. The molecule has 1 rings (SSSR count). The van der Waals surface area contributed by atoms with Crippen molar-refractivity contribution >= 4 is 15.9 Å². The summed E-state index contributed by atoms with van der Waals surface area (Å²) in [6.07, 6.45) is 0. The van der Waals surface area contributed by atoms with Gasteiger partial charge < -0.3 is 5.73 Å².